The molecule has 11 heteroatoms. The zero-order valence-corrected chi connectivity index (χ0v) is 17.0. The van der Waals surface area contributed by atoms with Crippen molar-refractivity contribution in [2.75, 3.05) is 32.8 Å². The third kappa shape index (κ3) is 3.96. The van der Waals surface area contributed by atoms with Gasteiger partial charge in [-0.25, -0.2) is 8.42 Å². The number of benzene rings is 1. The number of ether oxygens (including phenoxy) is 2. The third-order valence-corrected chi connectivity index (χ3v) is 7.71. The van der Waals surface area contributed by atoms with Gasteiger partial charge in [-0.15, -0.1) is 0 Å². The number of amides is 1. The predicted octanol–water partition coefficient (Wildman–Crippen LogP) is 2.41. The molecule has 3 aliphatic heterocycles. The molecule has 0 unspecified atom stereocenters. The molecule has 2 atom stereocenters. The van der Waals surface area contributed by atoms with Crippen molar-refractivity contribution in [2.24, 2.45) is 5.92 Å². The predicted molar refractivity (Wildman–Crippen MR) is 99.7 cm³/mol. The van der Waals surface area contributed by atoms with Crippen LogP contribution < -0.4 is 9.47 Å². The van der Waals surface area contributed by atoms with Gasteiger partial charge in [0.05, 0.1) is 10.8 Å². The van der Waals surface area contributed by atoms with Gasteiger partial charge in [-0.3, -0.25) is 4.79 Å². The van der Waals surface area contributed by atoms with E-state index in [4.69, 9.17) is 9.47 Å². The Bertz CT molecular complexity index is 921. The van der Waals surface area contributed by atoms with Gasteiger partial charge in [0.1, 0.15) is 19.3 Å². The Hall–Kier alpha value is -2.01. The Balaban J connectivity index is 1.55. The average Bonchev–Trinajstić information content (AvgIpc) is 3.23. The highest BCUT2D eigenvalue weighted by Gasteiger charge is 2.46. The Kier molecular flexibility index (Phi) is 5.60. The molecule has 7 nitrogen and oxygen atoms in total. The number of likely N-dealkylation sites (tertiary alicyclic amines) is 1. The number of halogens is 3. The number of nitrogens with zero attached hydrogens (tertiary/aromatic N) is 2. The fraction of sp³-hybridized carbons (Fsp3) is 0.632. The number of hydrogen-bond acceptors (Lipinski definition) is 5. The summed E-state index contributed by atoms with van der Waals surface area (Å²) in [4.78, 5) is 14.1. The number of piperidine rings is 1. The van der Waals surface area contributed by atoms with Gasteiger partial charge in [0.2, 0.25) is 15.9 Å². The molecule has 0 radical (unpaired) electrons. The molecular weight excluding hydrogens is 425 g/mol. The van der Waals surface area contributed by atoms with Crippen LogP contribution in [0.3, 0.4) is 0 Å². The van der Waals surface area contributed by atoms with E-state index in [0.29, 0.717) is 31.1 Å². The van der Waals surface area contributed by atoms with Gasteiger partial charge in [-0.2, -0.15) is 17.5 Å². The molecule has 0 spiro atoms. The quantitative estimate of drug-likeness (QED) is 0.710. The maximum absolute atomic E-state index is 13.2. The second-order valence-corrected chi connectivity index (χ2v) is 9.63. The van der Waals surface area contributed by atoms with Gasteiger partial charge in [0, 0.05) is 25.7 Å². The highest BCUT2D eigenvalue weighted by atomic mass is 32.2. The van der Waals surface area contributed by atoms with Crippen molar-refractivity contribution in [2.45, 2.75) is 42.8 Å². The summed E-state index contributed by atoms with van der Waals surface area (Å²) in [7, 11) is -4.02. The van der Waals surface area contributed by atoms with Crippen molar-refractivity contribution < 1.29 is 35.9 Å². The van der Waals surface area contributed by atoms with E-state index in [-0.39, 0.29) is 37.2 Å². The highest BCUT2D eigenvalue weighted by molar-refractivity contribution is 7.89. The Morgan fingerprint density at radius 1 is 1.03 bits per heavy atom. The van der Waals surface area contributed by atoms with Crippen molar-refractivity contribution >= 4 is 15.9 Å². The zero-order valence-electron chi connectivity index (χ0n) is 16.2. The van der Waals surface area contributed by atoms with Crippen molar-refractivity contribution in [3.63, 3.8) is 0 Å². The number of carbonyl (C=O) groups excluding carboxylic acids is 1. The second kappa shape index (κ2) is 7.92. The van der Waals surface area contributed by atoms with Crippen LogP contribution >= 0.6 is 0 Å². The lowest BCUT2D eigenvalue weighted by molar-refractivity contribution is -0.188. The second-order valence-electron chi connectivity index (χ2n) is 7.74. The largest absolute Gasteiger partial charge is 0.486 e. The molecule has 0 saturated carbocycles. The normalized spacial score (nSPS) is 25.4. The number of fused-ring (bicyclic) bond motifs is 1. The van der Waals surface area contributed by atoms with Gasteiger partial charge >= 0.3 is 6.18 Å². The summed E-state index contributed by atoms with van der Waals surface area (Å²) in [6.07, 6.45) is -3.38. The monoisotopic (exact) mass is 448 g/mol. The van der Waals surface area contributed by atoms with Crippen molar-refractivity contribution in [3.8, 4) is 11.5 Å². The number of hydrogen-bond donors (Lipinski definition) is 0. The van der Waals surface area contributed by atoms with Crippen LogP contribution in [0, 0.1) is 5.92 Å². The zero-order chi connectivity index (χ0) is 21.5. The molecule has 30 heavy (non-hydrogen) atoms. The molecule has 2 saturated heterocycles. The van der Waals surface area contributed by atoms with E-state index < -0.39 is 40.6 Å². The lowest BCUT2D eigenvalue weighted by Gasteiger charge is -2.36. The van der Waals surface area contributed by atoms with Gasteiger partial charge in [-0.1, -0.05) is 0 Å². The van der Waals surface area contributed by atoms with Crippen LogP contribution in [-0.2, 0) is 14.8 Å². The molecule has 1 amide bonds. The summed E-state index contributed by atoms with van der Waals surface area (Å²) in [5, 5.41) is 0. The molecular formula is C19H23F3N2O5S. The van der Waals surface area contributed by atoms with E-state index >= 15 is 0 Å². The summed E-state index contributed by atoms with van der Waals surface area (Å²) in [6.45, 7) is 0.605. The van der Waals surface area contributed by atoms with Gasteiger partial charge in [0.15, 0.2) is 11.5 Å². The summed E-state index contributed by atoms with van der Waals surface area (Å²) >= 11 is 0. The molecule has 2 fully saturated rings. The Morgan fingerprint density at radius 3 is 2.47 bits per heavy atom. The topological polar surface area (TPSA) is 76.2 Å². The first-order valence-electron chi connectivity index (χ1n) is 9.95. The molecule has 3 aliphatic rings. The number of rotatable bonds is 3. The molecule has 166 valence electrons. The molecule has 1 aromatic rings. The minimum absolute atomic E-state index is 0.0167. The first-order chi connectivity index (χ1) is 14.2. The number of alkyl halides is 3. The molecule has 0 N–H and O–H groups in total. The Labute approximate surface area is 172 Å². The minimum atomic E-state index is -4.37. The third-order valence-electron chi connectivity index (χ3n) is 5.80. The summed E-state index contributed by atoms with van der Waals surface area (Å²) in [6, 6.07) is 3.27. The first kappa shape index (κ1) is 21.2. The van der Waals surface area contributed by atoms with Crippen LogP contribution in [0.1, 0.15) is 25.7 Å². The van der Waals surface area contributed by atoms with Gasteiger partial charge < -0.3 is 14.4 Å². The molecule has 3 heterocycles. The fourth-order valence-electron chi connectivity index (χ4n) is 4.25. The van der Waals surface area contributed by atoms with Crippen LogP contribution in [0.5, 0.6) is 11.5 Å². The molecule has 4 rings (SSSR count). The summed E-state index contributed by atoms with van der Waals surface area (Å²) < 4.78 is 77.7. The van der Waals surface area contributed by atoms with E-state index in [9.17, 15) is 26.4 Å². The SMILES string of the molecule is O=C([C@H]1CCCN1S(=O)(=O)c1ccc2c(c1)OCCO2)N1CCC[C@@H](C(F)(F)F)C1. The fourth-order valence-corrected chi connectivity index (χ4v) is 5.92. The van der Waals surface area contributed by atoms with Gasteiger partial charge in [0.25, 0.3) is 0 Å². The highest BCUT2D eigenvalue weighted by Crippen LogP contribution is 2.37. The molecule has 0 aliphatic carbocycles. The summed E-state index contributed by atoms with van der Waals surface area (Å²) in [5.74, 6) is -1.36. The van der Waals surface area contributed by atoms with Gasteiger partial charge in [-0.05, 0) is 37.8 Å². The smallest absolute Gasteiger partial charge is 0.393 e. The lowest BCUT2D eigenvalue weighted by atomic mass is 9.97. The molecule has 0 aromatic heterocycles. The van der Waals surface area contributed by atoms with Crippen LogP contribution in [0.2, 0.25) is 0 Å². The van der Waals surface area contributed by atoms with Crippen LogP contribution in [0.4, 0.5) is 13.2 Å². The Morgan fingerprint density at radius 2 is 1.73 bits per heavy atom. The van der Waals surface area contributed by atoms with E-state index in [1.165, 1.54) is 23.1 Å². The van der Waals surface area contributed by atoms with E-state index in [2.05, 4.69) is 0 Å². The van der Waals surface area contributed by atoms with Crippen LogP contribution in [0.15, 0.2) is 23.1 Å². The standard InChI is InChI=1S/C19H23F3N2O5S/c20-19(21,22)13-3-1-7-23(12-13)18(25)15-4-2-8-24(15)30(26,27)14-5-6-16-17(11-14)29-10-9-28-16/h5-6,11,13,15H,1-4,7-10,12H2/t13-,15-/m1/s1. The van der Waals surface area contributed by atoms with Crippen LogP contribution in [-0.4, -0.2) is 68.6 Å². The number of carbonyl (C=O) groups is 1. The first-order valence-corrected chi connectivity index (χ1v) is 11.4. The van der Waals surface area contributed by atoms with Crippen LogP contribution in [0.25, 0.3) is 0 Å². The van der Waals surface area contributed by atoms with E-state index in [1.54, 1.807) is 0 Å². The average molecular weight is 448 g/mol. The lowest BCUT2D eigenvalue weighted by Crippen LogP contribution is -2.52. The van der Waals surface area contributed by atoms with E-state index in [0.717, 1.165) is 4.31 Å². The minimum Gasteiger partial charge on any atom is -0.486 e. The number of sulfonamides is 1. The maximum Gasteiger partial charge on any atom is 0.393 e. The van der Waals surface area contributed by atoms with E-state index in [1.807, 2.05) is 0 Å². The maximum atomic E-state index is 13.2. The van der Waals surface area contributed by atoms with Crippen molar-refractivity contribution in [3.05, 3.63) is 18.2 Å². The summed E-state index contributed by atoms with van der Waals surface area (Å²) in [5.41, 5.74) is 0. The van der Waals surface area contributed by atoms with Crippen molar-refractivity contribution in [1.29, 1.82) is 0 Å². The van der Waals surface area contributed by atoms with Crippen molar-refractivity contribution in [1.82, 2.24) is 9.21 Å². The molecule has 1 aromatic carbocycles. The molecule has 0 bridgehead atoms.